The maximum absolute atomic E-state index is 12.6. The lowest BCUT2D eigenvalue weighted by atomic mass is 10.1. The number of hydrogen-bond donors (Lipinski definition) is 1. The van der Waals surface area contributed by atoms with Crippen molar-refractivity contribution in [3.8, 4) is 22.6 Å². The average Bonchev–Trinajstić information content (AvgIpc) is 2.54. The topological polar surface area (TPSA) is 59.7 Å². The zero-order chi connectivity index (χ0) is 15.5. The van der Waals surface area contributed by atoms with Crippen molar-refractivity contribution in [3.63, 3.8) is 0 Å². The van der Waals surface area contributed by atoms with Crippen LogP contribution in [0.3, 0.4) is 0 Å². The minimum absolute atomic E-state index is 0.123. The number of ether oxygens (including phenoxy) is 1. The third-order valence-electron chi connectivity index (χ3n) is 3.29. The Morgan fingerprint density at radius 2 is 1.95 bits per heavy atom. The fourth-order valence-corrected chi connectivity index (χ4v) is 2.19. The molecule has 4 heteroatoms. The van der Waals surface area contributed by atoms with Crippen molar-refractivity contribution in [2.24, 2.45) is 0 Å². The van der Waals surface area contributed by atoms with Crippen molar-refractivity contribution in [2.45, 2.75) is 0 Å². The Labute approximate surface area is 126 Å². The Morgan fingerprint density at radius 3 is 2.68 bits per heavy atom. The maximum atomic E-state index is 12.6. The quantitative estimate of drug-likeness (QED) is 0.745. The fourth-order valence-electron chi connectivity index (χ4n) is 2.19. The van der Waals surface area contributed by atoms with Gasteiger partial charge in [-0.3, -0.25) is 4.79 Å². The molecule has 1 aromatic heterocycles. The smallest absolute Gasteiger partial charge is 0.200 e. The number of rotatable bonds is 4. The van der Waals surface area contributed by atoms with E-state index in [1.165, 1.54) is 18.4 Å². The number of phenols is 1. The summed E-state index contributed by atoms with van der Waals surface area (Å²) in [5.74, 6) is 0.769. The standard InChI is InChI=1S/C18H14O4/c1-2-9-21-14-7-8-15-17(10-14)22-11-16(18(15)20)12-3-5-13(19)6-4-12/h2-8,10-11,19H,1,9H2. The largest absolute Gasteiger partial charge is 0.508 e. The van der Waals surface area contributed by atoms with Gasteiger partial charge in [0.2, 0.25) is 0 Å². The molecule has 0 spiro atoms. The van der Waals surface area contributed by atoms with Gasteiger partial charge in [0.05, 0.1) is 10.9 Å². The zero-order valence-electron chi connectivity index (χ0n) is 11.8. The third-order valence-corrected chi connectivity index (χ3v) is 3.29. The number of hydrogen-bond acceptors (Lipinski definition) is 4. The van der Waals surface area contributed by atoms with E-state index in [1.807, 2.05) is 0 Å². The van der Waals surface area contributed by atoms with Crippen LogP contribution in [0.15, 0.2) is 70.6 Å². The summed E-state index contributed by atoms with van der Waals surface area (Å²) in [7, 11) is 0. The van der Waals surface area contributed by atoms with E-state index in [-0.39, 0.29) is 11.2 Å². The van der Waals surface area contributed by atoms with Crippen molar-refractivity contribution < 1.29 is 14.3 Å². The van der Waals surface area contributed by atoms with Crippen LogP contribution in [0, 0.1) is 0 Å². The van der Waals surface area contributed by atoms with Gasteiger partial charge in [-0.1, -0.05) is 24.8 Å². The summed E-state index contributed by atoms with van der Waals surface area (Å²) in [6, 6.07) is 11.5. The molecule has 0 bridgehead atoms. The molecule has 0 aliphatic heterocycles. The molecule has 3 rings (SSSR count). The van der Waals surface area contributed by atoms with Crippen LogP contribution in [0.5, 0.6) is 11.5 Å². The zero-order valence-corrected chi connectivity index (χ0v) is 11.8. The molecule has 0 aliphatic rings. The van der Waals surface area contributed by atoms with E-state index in [9.17, 15) is 9.90 Å². The van der Waals surface area contributed by atoms with Gasteiger partial charge in [0.25, 0.3) is 0 Å². The van der Waals surface area contributed by atoms with Gasteiger partial charge in [0.15, 0.2) is 5.43 Å². The van der Waals surface area contributed by atoms with Crippen LogP contribution in [0.1, 0.15) is 0 Å². The number of benzene rings is 2. The highest BCUT2D eigenvalue weighted by Crippen LogP contribution is 2.24. The summed E-state index contributed by atoms with van der Waals surface area (Å²) in [5, 5.41) is 9.81. The molecule has 0 radical (unpaired) electrons. The minimum atomic E-state index is -0.123. The van der Waals surface area contributed by atoms with Gasteiger partial charge in [0, 0.05) is 6.07 Å². The fraction of sp³-hybridized carbons (Fsp3) is 0.0556. The summed E-state index contributed by atoms with van der Waals surface area (Å²) < 4.78 is 11.0. The molecule has 4 nitrogen and oxygen atoms in total. The minimum Gasteiger partial charge on any atom is -0.508 e. The van der Waals surface area contributed by atoms with Crippen molar-refractivity contribution in [2.75, 3.05) is 6.61 Å². The Hall–Kier alpha value is -3.01. The molecule has 1 heterocycles. The number of aromatic hydroxyl groups is 1. The predicted molar refractivity (Wildman–Crippen MR) is 85.3 cm³/mol. The lowest BCUT2D eigenvalue weighted by Crippen LogP contribution is -2.05. The van der Waals surface area contributed by atoms with Crippen LogP contribution < -0.4 is 10.2 Å². The van der Waals surface area contributed by atoms with Crippen LogP contribution in [0.25, 0.3) is 22.1 Å². The summed E-state index contributed by atoms with van der Waals surface area (Å²) in [6.45, 7) is 3.98. The SMILES string of the molecule is C=CCOc1ccc2c(=O)c(-c3ccc(O)cc3)coc2c1. The van der Waals surface area contributed by atoms with E-state index in [4.69, 9.17) is 9.15 Å². The molecule has 1 N–H and O–H groups in total. The number of fused-ring (bicyclic) bond motifs is 1. The van der Waals surface area contributed by atoms with Gasteiger partial charge in [-0.05, 0) is 29.8 Å². The van der Waals surface area contributed by atoms with Gasteiger partial charge in [0.1, 0.15) is 30.0 Å². The Morgan fingerprint density at radius 1 is 1.18 bits per heavy atom. The van der Waals surface area contributed by atoms with Crippen molar-refractivity contribution in [3.05, 3.63) is 71.6 Å². The van der Waals surface area contributed by atoms with Crippen LogP contribution in [0.2, 0.25) is 0 Å². The molecule has 0 amide bonds. The third kappa shape index (κ3) is 2.59. The van der Waals surface area contributed by atoms with Crippen molar-refractivity contribution in [1.29, 1.82) is 0 Å². The Bertz CT molecular complexity index is 876. The summed E-state index contributed by atoms with van der Waals surface area (Å²) in [6.07, 6.45) is 3.07. The van der Waals surface area contributed by atoms with E-state index in [2.05, 4.69) is 6.58 Å². The maximum Gasteiger partial charge on any atom is 0.200 e. The first-order chi connectivity index (χ1) is 10.7. The highest BCUT2D eigenvalue weighted by Gasteiger charge is 2.10. The van der Waals surface area contributed by atoms with E-state index in [0.29, 0.717) is 34.5 Å². The molecule has 0 unspecified atom stereocenters. The Balaban J connectivity index is 2.08. The first kappa shape index (κ1) is 13.9. The highest BCUT2D eigenvalue weighted by atomic mass is 16.5. The van der Waals surface area contributed by atoms with E-state index >= 15 is 0 Å². The van der Waals surface area contributed by atoms with E-state index < -0.39 is 0 Å². The lowest BCUT2D eigenvalue weighted by Gasteiger charge is -2.06. The second-order valence-corrected chi connectivity index (χ2v) is 4.78. The van der Waals surface area contributed by atoms with Crippen molar-refractivity contribution >= 4 is 11.0 Å². The summed E-state index contributed by atoms with van der Waals surface area (Å²) >= 11 is 0. The monoisotopic (exact) mass is 294 g/mol. The first-order valence-corrected chi connectivity index (χ1v) is 6.77. The van der Waals surface area contributed by atoms with Gasteiger partial charge in [-0.15, -0.1) is 0 Å². The van der Waals surface area contributed by atoms with Crippen molar-refractivity contribution in [1.82, 2.24) is 0 Å². The second kappa shape index (κ2) is 5.77. The average molecular weight is 294 g/mol. The molecule has 3 aromatic rings. The summed E-state index contributed by atoms with van der Waals surface area (Å²) in [5.41, 5.74) is 1.49. The normalized spacial score (nSPS) is 10.5. The van der Waals surface area contributed by atoms with Crippen LogP contribution in [-0.2, 0) is 0 Å². The first-order valence-electron chi connectivity index (χ1n) is 6.77. The Kier molecular flexibility index (Phi) is 3.66. The van der Waals surface area contributed by atoms with Gasteiger partial charge in [-0.25, -0.2) is 0 Å². The van der Waals surface area contributed by atoms with Crippen LogP contribution in [0.4, 0.5) is 0 Å². The molecule has 0 atom stereocenters. The molecule has 0 fully saturated rings. The molecule has 22 heavy (non-hydrogen) atoms. The highest BCUT2D eigenvalue weighted by molar-refractivity contribution is 5.82. The van der Waals surface area contributed by atoms with E-state index in [1.54, 1.807) is 36.4 Å². The molecule has 110 valence electrons. The van der Waals surface area contributed by atoms with Crippen LogP contribution >= 0.6 is 0 Å². The molecule has 0 aliphatic carbocycles. The van der Waals surface area contributed by atoms with Gasteiger partial charge < -0.3 is 14.3 Å². The molecule has 0 saturated heterocycles. The van der Waals surface area contributed by atoms with E-state index in [0.717, 1.165) is 0 Å². The second-order valence-electron chi connectivity index (χ2n) is 4.78. The predicted octanol–water partition coefficient (Wildman–Crippen LogP) is 3.73. The van der Waals surface area contributed by atoms with Gasteiger partial charge >= 0.3 is 0 Å². The molecule has 2 aromatic carbocycles. The molecule has 0 saturated carbocycles. The van der Waals surface area contributed by atoms with Gasteiger partial charge in [-0.2, -0.15) is 0 Å². The molecular formula is C18H14O4. The number of phenolic OH excluding ortho intramolecular Hbond substituents is 1. The lowest BCUT2D eigenvalue weighted by molar-refractivity contribution is 0.363. The summed E-state index contributed by atoms with van der Waals surface area (Å²) in [4.78, 5) is 12.6. The van der Waals surface area contributed by atoms with Crippen LogP contribution in [-0.4, -0.2) is 11.7 Å². The molecular weight excluding hydrogens is 280 g/mol.